The fourth-order valence-electron chi connectivity index (χ4n) is 1.36. The van der Waals surface area contributed by atoms with Gasteiger partial charge in [-0.2, -0.15) is 0 Å². The van der Waals surface area contributed by atoms with Gasteiger partial charge in [0.2, 0.25) is 5.91 Å². The molecule has 0 saturated carbocycles. The third-order valence-electron chi connectivity index (χ3n) is 1.94. The molecule has 88 valence electrons. The van der Waals surface area contributed by atoms with Gasteiger partial charge in [-0.25, -0.2) is 0 Å². The van der Waals surface area contributed by atoms with Crippen LogP contribution in [0.3, 0.4) is 0 Å². The molecule has 1 unspecified atom stereocenters. The molecule has 1 atom stereocenters. The maximum atomic E-state index is 10.7. The molecule has 1 aromatic carbocycles. The zero-order chi connectivity index (χ0) is 12.0. The third-order valence-corrected chi connectivity index (χ3v) is 1.94. The SMILES string of the molecule is CCOc1cccc(OC(C)CC(N)=O)c1. The molecule has 0 heterocycles. The van der Waals surface area contributed by atoms with Crippen LogP contribution in [0, 0.1) is 0 Å². The van der Waals surface area contributed by atoms with Crippen LogP contribution < -0.4 is 15.2 Å². The Labute approximate surface area is 95.3 Å². The summed E-state index contributed by atoms with van der Waals surface area (Å²) in [6, 6.07) is 7.31. The first-order valence-corrected chi connectivity index (χ1v) is 5.29. The maximum absolute atomic E-state index is 10.7. The average molecular weight is 223 g/mol. The number of rotatable bonds is 6. The number of carbonyl (C=O) groups is 1. The Morgan fingerprint density at radius 2 is 2.12 bits per heavy atom. The van der Waals surface area contributed by atoms with E-state index in [1.807, 2.05) is 25.1 Å². The van der Waals surface area contributed by atoms with E-state index in [-0.39, 0.29) is 18.4 Å². The smallest absolute Gasteiger partial charge is 0.221 e. The quantitative estimate of drug-likeness (QED) is 0.798. The predicted molar refractivity (Wildman–Crippen MR) is 61.5 cm³/mol. The van der Waals surface area contributed by atoms with Crippen LogP contribution in [0.25, 0.3) is 0 Å². The molecule has 1 amide bonds. The lowest BCUT2D eigenvalue weighted by atomic mass is 10.2. The van der Waals surface area contributed by atoms with E-state index in [1.54, 1.807) is 13.0 Å². The number of primary amides is 1. The Kier molecular flexibility index (Phi) is 4.64. The molecule has 0 aliphatic rings. The molecule has 0 aromatic heterocycles. The molecule has 0 fully saturated rings. The van der Waals surface area contributed by atoms with Gasteiger partial charge in [0.1, 0.15) is 17.6 Å². The van der Waals surface area contributed by atoms with E-state index in [2.05, 4.69) is 0 Å². The summed E-state index contributed by atoms with van der Waals surface area (Å²) in [5.41, 5.74) is 5.08. The van der Waals surface area contributed by atoms with E-state index in [0.717, 1.165) is 5.75 Å². The normalized spacial score (nSPS) is 11.9. The number of benzene rings is 1. The summed E-state index contributed by atoms with van der Waals surface area (Å²) < 4.78 is 10.9. The highest BCUT2D eigenvalue weighted by molar-refractivity contribution is 5.74. The lowest BCUT2D eigenvalue weighted by Crippen LogP contribution is -2.22. The lowest BCUT2D eigenvalue weighted by Gasteiger charge is -2.13. The number of ether oxygens (including phenoxy) is 2. The van der Waals surface area contributed by atoms with Crippen LogP contribution in [-0.4, -0.2) is 18.6 Å². The molecule has 4 heteroatoms. The second kappa shape index (κ2) is 6.00. The molecule has 0 bridgehead atoms. The summed E-state index contributed by atoms with van der Waals surface area (Å²) >= 11 is 0. The van der Waals surface area contributed by atoms with Crippen molar-refractivity contribution >= 4 is 5.91 Å². The van der Waals surface area contributed by atoms with E-state index < -0.39 is 0 Å². The van der Waals surface area contributed by atoms with Crippen LogP contribution in [-0.2, 0) is 4.79 Å². The molecule has 1 aromatic rings. The highest BCUT2D eigenvalue weighted by Gasteiger charge is 2.07. The van der Waals surface area contributed by atoms with Crippen LogP contribution in [0.5, 0.6) is 11.5 Å². The first-order chi connectivity index (χ1) is 7.61. The van der Waals surface area contributed by atoms with Crippen molar-refractivity contribution in [2.24, 2.45) is 5.73 Å². The largest absolute Gasteiger partial charge is 0.494 e. The van der Waals surface area contributed by atoms with Crippen molar-refractivity contribution in [1.29, 1.82) is 0 Å². The Bertz CT molecular complexity index is 352. The Balaban J connectivity index is 2.59. The van der Waals surface area contributed by atoms with E-state index in [0.29, 0.717) is 12.4 Å². The summed E-state index contributed by atoms with van der Waals surface area (Å²) in [6.07, 6.45) is -0.0202. The zero-order valence-electron chi connectivity index (χ0n) is 9.60. The van der Waals surface area contributed by atoms with Gasteiger partial charge in [-0.1, -0.05) is 6.07 Å². The predicted octanol–water partition coefficient (Wildman–Crippen LogP) is 1.73. The summed E-state index contributed by atoms with van der Waals surface area (Å²) in [6.45, 7) is 4.33. The van der Waals surface area contributed by atoms with Crippen molar-refractivity contribution in [3.63, 3.8) is 0 Å². The van der Waals surface area contributed by atoms with Gasteiger partial charge in [-0.05, 0) is 26.0 Å². The first kappa shape index (κ1) is 12.4. The number of hydrogen-bond acceptors (Lipinski definition) is 3. The zero-order valence-corrected chi connectivity index (χ0v) is 9.60. The van der Waals surface area contributed by atoms with Gasteiger partial charge in [0, 0.05) is 6.07 Å². The van der Waals surface area contributed by atoms with Gasteiger partial charge in [-0.15, -0.1) is 0 Å². The molecular formula is C12H17NO3. The van der Waals surface area contributed by atoms with Gasteiger partial charge < -0.3 is 15.2 Å². The molecule has 0 aliphatic heterocycles. The van der Waals surface area contributed by atoms with E-state index >= 15 is 0 Å². The van der Waals surface area contributed by atoms with Crippen molar-refractivity contribution in [1.82, 2.24) is 0 Å². The standard InChI is InChI=1S/C12H17NO3/c1-3-15-10-5-4-6-11(8-10)16-9(2)7-12(13)14/h4-6,8-9H,3,7H2,1-2H3,(H2,13,14). The van der Waals surface area contributed by atoms with Gasteiger partial charge in [0.15, 0.2) is 0 Å². The minimum Gasteiger partial charge on any atom is -0.494 e. The van der Waals surface area contributed by atoms with Gasteiger partial charge >= 0.3 is 0 Å². The highest BCUT2D eigenvalue weighted by Crippen LogP contribution is 2.20. The van der Waals surface area contributed by atoms with Gasteiger partial charge in [0.25, 0.3) is 0 Å². The van der Waals surface area contributed by atoms with E-state index in [9.17, 15) is 4.79 Å². The maximum Gasteiger partial charge on any atom is 0.221 e. The minimum absolute atomic E-state index is 0.207. The van der Waals surface area contributed by atoms with Crippen LogP contribution in [0.1, 0.15) is 20.3 Å². The molecular weight excluding hydrogens is 206 g/mol. The Morgan fingerprint density at radius 1 is 1.44 bits per heavy atom. The molecule has 0 aliphatic carbocycles. The Morgan fingerprint density at radius 3 is 2.75 bits per heavy atom. The Hall–Kier alpha value is -1.71. The first-order valence-electron chi connectivity index (χ1n) is 5.29. The summed E-state index contributed by atoms with van der Waals surface area (Å²) in [5.74, 6) is 1.07. The monoisotopic (exact) mass is 223 g/mol. The number of hydrogen-bond donors (Lipinski definition) is 1. The average Bonchev–Trinajstić information content (AvgIpc) is 2.17. The summed E-state index contributed by atoms with van der Waals surface area (Å²) in [4.78, 5) is 10.7. The van der Waals surface area contributed by atoms with Crippen molar-refractivity contribution in [2.75, 3.05) is 6.61 Å². The molecule has 0 saturated heterocycles. The second-order valence-corrected chi connectivity index (χ2v) is 3.51. The minimum atomic E-state index is -0.367. The molecule has 1 rings (SSSR count). The summed E-state index contributed by atoms with van der Waals surface area (Å²) in [5, 5.41) is 0. The van der Waals surface area contributed by atoms with Crippen molar-refractivity contribution in [2.45, 2.75) is 26.4 Å². The molecule has 0 radical (unpaired) electrons. The van der Waals surface area contributed by atoms with Crippen LogP contribution in [0.4, 0.5) is 0 Å². The van der Waals surface area contributed by atoms with Gasteiger partial charge in [-0.3, -0.25) is 4.79 Å². The highest BCUT2D eigenvalue weighted by atomic mass is 16.5. The van der Waals surface area contributed by atoms with Crippen LogP contribution in [0.15, 0.2) is 24.3 Å². The molecule has 4 nitrogen and oxygen atoms in total. The van der Waals surface area contributed by atoms with Gasteiger partial charge in [0.05, 0.1) is 13.0 Å². The lowest BCUT2D eigenvalue weighted by molar-refractivity contribution is -0.119. The summed E-state index contributed by atoms with van der Waals surface area (Å²) in [7, 11) is 0. The number of amides is 1. The van der Waals surface area contributed by atoms with Crippen LogP contribution >= 0.6 is 0 Å². The van der Waals surface area contributed by atoms with Crippen LogP contribution in [0.2, 0.25) is 0 Å². The van der Waals surface area contributed by atoms with Crippen molar-refractivity contribution in [3.05, 3.63) is 24.3 Å². The second-order valence-electron chi connectivity index (χ2n) is 3.51. The number of nitrogens with two attached hydrogens (primary N) is 1. The van der Waals surface area contributed by atoms with E-state index in [1.165, 1.54) is 0 Å². The topological polar surface area (TPSA) is 61.6 Å². The van der Waals surface area contributed by atoms with Crippen molar-refractivity contribution < 1.29 is 14.3 Å². The molecule has 16 heavy (non-hydrogen) atoms. The third kappa shape index (κ3) is 4.21. The van der Waals surface area contributed by atoms with E-state index in [4.69, 9.17) is 15.2 Å². The molecule has 0 spiro atoms. The fraction of sp³-hybridized carbons (Fsp3) is 0.417. The van der Waals surface area contributed by atoms with Crippen molar-refractivity contribution in [3.8, 4) is 11.5 Å². The fourth-order valence-corrected chi connectivity index (χ4v) is 1.36. The number of carbonyl (C=O) groups excluding carboxylic acids is 1. The molecule has 2 N–H and O–H groups in total.